The van der Waals surface area contributed by atoms with Crippen molar-refractivity contribution in [3.8, 4) is 0 Å². The minimum absolute atomic E-state index is 0.114. The van der Waals surface area contributed by atoms with Crippen molar-refractivity contribution in [2.75, 3.05) is 44.2 Å². The van der Waals surface area contributed by atoms with Gasteiger partial charge in [-0.2, -0.15) is 9.61 Å². The molecule has 0 aliphatic carbocycles. The van der Waals surface area contributed by atoms with Gasteiger partial charge in [0.25, 0.3) is 0 Å². The summed E-state index contributed by atoms with van der Waals surface area (Å²) in [4.78, 5) is 22.3. The van der Waals surface area contributed by atoms with E-state index in [0.29, 0.717) is 18.0 Å². The number of likely N-dealkylation sites (tertiary alicyclic amines) is 1. The fourth-order valence-corrected chi connectivity index (χ4v) is 5.21. The normalized spacial score (nSPS) is 27.7. The summed E-state index contributed by atoms with van der Waals surface area (Å²) < 4.78 is 1.96. The standard InChI is InChI=1S/C19H25N7O/c27-19(25-11-13-7-14(25)8-21-13)12-9-24(10-12)18-15-1-4-20-5-2-16(15)23-17-3-6-22-26(17)18/h3,6,12-14,20-21H,1-2,4-5,7-11H2. The number of nitrogens with one attached hydrogen (secondary N) is 2. The van der Waals surface area contributed by atoms with Crippen LogP contribution in [0.5, 0.6) is 0 Å². The zero-order valence-corrected chi connectivity index (χ0v) is 15.4. The third-order valence-electron chi connectivity index (χ3n) is 6.65. The Morgan fingerprint density at radius 3 is 2.89 bits per heavy atom. The Morgan fingerprint density at radius 1 is 1.19 bits per heavy atom. The molecular weight excluding hydrogens is 342 g/mol. The highest BCUT2D eigenvalue weighted by molar-refractivity contribution is 5.83. The molecule has 2 atom stereocenters. The molecule has 3 fully saturated rings. The monoisotopic (exact) mass is 367 g/mol. The molecule has 2 aromatic rings. The van der Waals surface area contributed by atoms with Crippen LogP contribution in [-0.4, -0.2) is 76.8 Å². The van der Waals surface area contributed by atoms with Crippen molar-refractivity contribution < 1.29 is 4.79 Å². The maximum absolute atomic E-state index is 13.0. The zero-order valence-electron chi connectivity index (χ0n) is 15.4. The van der Waals surface area contributed by atoms with E-state index >= 15 is 0 Å². The van der Waals surface area contributed by atoms with Crippen LogP contribution in [0.25, 0.3) is 5.65 Å². The zero-order chi connectivity index (χ0) is 18.0. The molecule has 0 saturated carbocycles. The first-order valence-electron chi connectivity index (χ1n) is 10.1. The van der Waals surface area contributed by atoms with Crippen LogP contribution in [0.3, 0.4) is 0 Å². The third-order valence-corrected chi connectivity index (χ3v) is 6.65. The summed E-state index contributed by atoms with van der Waals surface area (Å²) in [5.74, 6) is 1.61. The van der Waals surface area contributed by atoms with Crippen LogP contribution in [0, 0.1) is 5.92 Å². The van der Waals surface area contributed by atoms with Crippen LogP contribution >= 0.6 is 0 Å². The topological polar surface area (TPSA) is 77.8 Å². The quantitative estimate of drug-likeness (QED) is 0.740. The Labute approximate surface area is 157 Å². The van der Waals surface area contributed by atoms with Gasteiger partial charge in [-0.1, -0.05) is 0 Å². The maximum atomic E-state index is 13.0. The minimum atomic E-state index is 0.114. The molecule has 2 N–H and O–H groups in total. The van der Waals surface area contributed by atoms with E-state index in [1.54, 1.807) is 0 Å². The molecule has 6 heterocycles. The summed E-state index contributed by atoms with van der Waals surface area (Å²) in [6, 6.07) is 2.90. The first-order valence-corrected chi connectivity index (χ1v) is 10.1. The molecule has 0 aromatic carbocycles. The number of rotatable bonds is 2. The number of amides is 1. The lowest BCUT2D eigenvalue weighted by Crippen LogP contribution is -2.58. The molecule has 2 aromatic heterocycles. The Kier molecular flexibility index (Phi) is 3.46. The highest BCUT2D eigenvalue weighted by Gasteiger charge is 2.45. The van der Waals surface area contributed by atoms with Gasteiger partial charge in [-0.05, 0) is 19.4 Å². The largest absolute Gasteiger partial charge is 0.354 e. The van der Waals surface area contributed by atoms with E-state index in [0.717, 1.165) is 70.0 Å². The Balaban J connectivity index is 1.27. The molecular formula is C19H25N7O. The van der Waals surface area contributed by atoms with E-state index in [1.165, 1.54) is 11.3 Å². The lowest BCUT2D eigenvalue weighted by atomic mass is 9.96. The summed E-state index contributed by atoms with van der Waals surface area (Å²) in [7, 11) is 0. The van der Waals surface area contributed by atoms with Crippen LogP contribution < -0.4 is 15.5 Å². The summed E-state index contributed by atoms with van der Waals surface area (Å²) in [6.45, 7) is 5.37. The number of piperazine rings is 1. The number of carbonyl (C=O) groups excluding carboxylic acids is 1. The smallest absolute Gasteiger partial charge is 0.229 e. The van der Waals surface area contributed by atoms with Crippen LogP contribution in [-0.2, 0) is 17.6 Å². The minimum Gasteiger partial charge on any atom is -0.354 e. The molecule has 8 heteroatoms. The Hall–Kier alpha value is -2.19. The van der Waals surface area contributed by atoms with Crippen molar-refractivity contribution in [1.82, 2.24) is 30.1 Å². The van der Waals surface area contributed by atoms with Gasteiger partial charge in [0.2, 0.25) is 5.91 Å². The molecule has 4 aliphatic heterocycles. The molecule has 0 spiro atoms. The van der Waals surface area contributed by atoms with Gasteiger partial charge in [-0.3, -0.25) is 4.79 Å². The Bertz CT molecular complexity index is 903. The Morgan fingerprint density at radius 2 is 2.07 bits per heavy atom. The number of hydrogen-bond donors (Lipinski definition) is 2. The van der Waals surface area contributed by atoms with E-state index in [9.17, 15) is 4.79 Å². The van der Waals surface area contributed by atoms with Crippen molar-refractivity contribution in [1.29, 1.82) is 0 Å². The van der Waals surface area contributed by atoms with Crippen LogP contribution in [0.1, 0.15) is 17.7 Å². The average Bonchev–Trinajstić information content (AvgIpc) is 3.33. The first kappa shape index (κ1) is 15.8. The van der Waals surface area contributed by atoms with Crippen LogP contribution in [0.4, 0.5) is 5.82 Å². The van der Waals surface area contributed by atoms with E-state index in [1.807, 2.05) is 16.8 Å². The number of carbonyl (C=O) groups is 1. The summed E-state index contributed by atoms with van der Waals surface area (Å²) in [6.07, 6.45) is 4.86. The first-order chi connectivity index (χ1) is 13.3. The molecule has 0 radical (unpaired) electrons. The predicted molar refractivity (Wildman–Crippen MR) is 101 cm³/mol. The molecule has 4 aliphatic rings. The van der Waals surface area contributed by atoms with Crippen molar-refractivity contribution in [2.24, 2.45) is 5.92 Å². The SMILES string of the molecule is O=C(C1CN(c2c3c(nc4ccnn24)CCNCC3)C1)N1CC2CC1CN2. The van der Waals surface area contributed by atoms with Crippen molar-refractivity contribution in [2.45, 2.75) is 31.3 Å². The summed E-state index contributed by atoms with van der Waals surface area (Å²) >= 11 is 0. The summed E-state index contributed by atoms with van der Waals surface area (Å²) in [5.41, 5.74) is 3.38. The van der Waals surface area contributed by atoms with Gasteiger partial charge in [-0.15, -0.1) is 0 Å². The molecule has 142 valence electrons. The fourth-order valence-electron chi connectivity index (χ4n) is 5.21. The van der Waals surface area contributed by atoms with Gasteiger partial charge in [0, 0.05) is 62.9 Å². The molecule has 2 unspecified atom stereocenters. The maximum Gasteiger partial charge on any atom is 0.229 e. The van der Waals surface area contributed by atoms with Gasteiger partial charge in [0.05, 0.1) is 17.8 Å². The summed E-state index contributed by atoms with van der Waals surface area (Å²) in [5, 5.41) is 11.5. The van der Waals surface area contributed by atoms with E-state index in [2.05, 4.69) is 25.5 Å². The van der Waals surface area contributed by atoms with E-state index in [4.69, 9.17) is 4.98 Å². The fraction of sp³-hybridized carbons (Fsp3) is 0.632. The second kappa shape index (κ2) is 5.90. The third kappa shape index (κ3) is 2.39. The number of hydrogen-bond acceptors (Lipinski definition) is 6. The van der Waals surface area contributed by atoms with E-state index in [-0.39, 0.29) is 5.92 Å². The molecule has 6 rings (SSSR count). The van der Waals surface area contributed by atoms with Crippen molar-refractivity contribution >= 4 is 17.4 Å². The number of nitrogens with zero attached hydrogens (tertiary/aromatic N) is 5. The molecule has 27 heavy (non-hydrogen) atoms. The van der Waals surface area contributed by atoms with Crippen molar-refractivity contribution in [3.63, 3.8) is 0 Å². The van der Waals surface area contributed by atoms with Gasteiger partial charge in [0.15, 0.2) is 5.65 Å². The van der Waals surface area contributed by atoms with Crippen LogP contribution in [0.15, 0.2) is 12.3 Å². The van der Waals surface area contributed by atoms with Gasteiger partial charge >= 0.3 is 0 Å². The second-order valence-corrected chi connectivity index (χ2v) is 8.30. The van der Waals surface area contributed by atoms with Gasteiger partial charge in [0.1, 0.15) is 5.82 Å². The molecule has 3 saturated heterocycles. The number of aromatic nitrogens is 3. The van der Waals surface area contributed by atoms with Gasteiger partial charge < -0.3 is 20.4 Å². The van der Waals surface area contributed by atoms with Crippen LogP contribution in [0.2, 0.25) is 0 Å². The number of fused-ring (bicyclic) bond motifs is 4. The lowest BCUT2D eigenvalue weighted by Gasteiger charge is -2.43. The molecule has 8 nitrogen and oxygen atoms in total. The van der Waals surface area contributed by atoms with E-state index < -0.39 is 0 Å². The highest BCUT2D eigenvalue weighted by Crippen LogP contribution is 2.33. The van der Waals surface area contributed by atoms with Crippen molar-refractivity contribution in [3.05, 3.63) is 23.5 Å². The predicted octanol–water partition coefficient (Wildman–Crippen LogP) is -0.574. The molecule has 2 bridgehead atoms. The average molecular weight is 367 g/mol. The lowest BCUT2D eigenvalue weighted by molar-refractivity contribution is -0.137. The van der Waals surface area contributed by atoms with Gasteiger partial charge in [-0.25, -0.2) is 4.98 Å². The highest BCUT2D eigenvalue weighted by atomic mass is 16.2. The number of anilines is 1. The molecule has 1 amide bonds. The second-order valence-electron chi connectivity index (χ2n) is 8.30.